The molecule has 0 fully saturated rings. The van der Waals surface area contributed by atoms with Crippen molar-refractivity contribution in [3.8, 4) is 0 Å². The van der Waals surface area contributed by atoms with Crippen LogP contribution >= 0.6 is 8.03 Å². The van der Waals surface area contributed by atoms with Gasteiger partial charge in [-0.15, -0.1) is 0 Å². The van der Waals surface area contributed by atoms with E-state index in [4.69, 9.17) is 9.63 Å². The van der Waals surface area contributed by atoms with Crippen molar-refractivity contribution in [1.29, 1.82) is 0 Å². The molecule has 80 valence electrons. The van der Waals surface area contributed by atoms with Gasteiger partial charge in [-0.2, -0.15) is 0 Å². The van der Waals surface area contributed by atoms with E-state index in [1.807, 2.05) is 0 Å². The molecule has 0 radical (unpaired) electrons. The minimum absolute atomic E-state index is 0.0159. The van der Waals surface area contributed by atoms with Crippen LogP contribution in [0.5, 0.6) is 0 Å². The largest absolute Gasteiger partial charge is 0.458 e. The molecule has 1 aromatic rings. The molecule has 15 heavy (non-hydrogen) atoms. The minimum Gasteiger partial charge on any atom is -0.458 e. The van der Waals surface area contributed by atoms with Crippen LogP contribution in [0, 0.1) is 0 Å². The molecule has 0 saturated heterocycles. The van der Waals surface area contributed by atoms with Crippen LogP contribution in [0.4, 0.5) is 0 Å². The normalized spacial score (nSPS) is 11.8. The SMILES string of the molecule is C=CC(=O)OCc1ccccc1[PH](=O)O. The van der Waals surface area contributed by atoms with Crippen molar-refractivity contribution < 1.29 is 19.0 Å². The monoisotopic (exact) mass is 226 g/mol. The van der Waals surface area contributed by atoms with Gasteiger partial charge in [0.05, 0.1) is 0 Å². The zero-order valence-corrected chi connectivity index (χ0v) is 8.97. The molecule has 0 aliphatic rings. The number of carbonyl (C=O) groups excluding carboxylic acids is 1. The molecule has 0 heterocycles. The fraction of sp³-hybridized carbons (Fsp3) is 0.100. The van der Waals surface area contributed by atoms with Crippen LogP contribution in [0.1, 0.15) is 5.56 Å². The van der Waals surface area contributed by atoms with E-state index >= 15 is 0 Å². The van der Waals surface area contributed by atoms with Crippen LogP contribution < -0.4 is 5.30 Å². The Labute approximate surface area is 88.1 Å². The Bertz CT molecular complexity index is 400. The maximum atomic E-state index is 11.0. The van der Waals surface area contributed by atoms with Gasteiger partial charge in [-0.25, -0.2) is 4.79 Å². The van der Waals surface area contributed by atoms with E-state index in [0.717, 1.165) is 6.08 Å². The van der Waals surface area contributed by atoms with Gasteiger partial charge in [0.1, 0.15) is 6.61 Å². The second-order valence-corrected chi connectivity index (χ2v) is 3.92. The first kappa shape index (κ1) is 11.7. The molecule has 1 aromatic carbocycles. The Morgan fingerprint density at radius 1 is 1.53 bits per heavy atom. The van der Waals surface area contributed by atoms with Gasteiger partial charge in [-0.1, -0.05) is 24.8 Å². The molecule has 1 unspecified atom stereocenters. The van der Waals surface area contributed by atoms with E-state index in [9.17, 15) is 9.36 Å². The second-order valence-electron chi connectivity index (χ2n) is 2.77. The molecule has 4 nitrogen and oxygen atoms in total. The summed E-state index contributed by atoms with van der Waals surface area (Å²) in [5, 5.41) is 0.319. The first-order valence-corrected chi connectivity index (χ1v) is 5.61. The zero-order valence-electron chi connectivity index (χ0n) is 7.97. The summed E-state index contributed by atoms with van der Waals surface area (Å²) in [4.78, 5) is 19.8. The van der Waals surface area contributed by atoms with Crippen LogP contribution in [0.25, 0.3) is 0 Å². The van der Waals surface area contributed by atoms with Crippen LogP contribution in [0.3, 0.4) is 0 Å². The Hall–Kier alpha value is -1.38. The summed E-state index contributed by atoms with van der Waals surface area (Å²) in [5.41, 5.74) is 0.541. The third-order valence-corrected chi connectivity index (χ3v) is 2.73. The molecule has 1 rings (SSSR count). The molecule has 0 spiro atoms. The predicted octanol–water partition coefficient (Wildman–Crippen LogP) is 1.01. The van der Waals surface area contributed by atoms with Gasteiger partial charge in [0.2, 0.25) is 8.03 Å². The van der Waals surface area contributed by atoms with Crippen molar-refractivity contribution in [1.82, 2.24) is 0 Å². The van der Waals surface area contributed by atoms with E-state index in [1.165, 1.54) is 0 Å². The van der Waals surface area contributed by atoms with Crippen LogP contribution in [-0.2, 0) is 20.7 Å². The Balaban J connectivity index is 2.80. The molecule has 0 aliphatic carbocycles. The first-order valence-electron chi connectivity index (χ1n) is 4.25. The summed E-state index contributed by atoms with van der Waals surface area (Å²) in [6.45, 7) is 3.24. The van der Waals surface area contributed by atoms with Gasteiger partial charge >= 0.3 is 5.97 Å². The zero-order chi connectivity index (χ0) is 11.3. The second kappa shape index (κ2) is 5.49. The van der Waals surface area contributed by atoms with E-state index in [-0.39, 0.29) is 6.61 Å². The third kappa shape index (κ3) is 3.35. The Morgan fingerprint density at radius 2 is 2.20 bits per heavy atom. The molecular weight excluding hydrogens is 215 g/mol. The third-order valence-electron chi connectivity index (χ3n) is 1.78. The molecule has 1 atom stereocenters. The highest BCUT2D eigenvalue weighted by Crippen LogP contribution is 2.16. The van der Waals surface area contributed by atoms with Gasteiger partial charge < -0.3 is 9.63 Å². The number of esters is 1. The number of rotatable bonds is 4. The number of benzene rings is 1. The lowest BCUT2D eigenvalue weighted by molar-refractivity contribution is -0.138. The van der Waals surface area contributed by atoms with Gasteiger partial charge in [0, 0.05) is 16.9 Å². The van der Waals surface area contributed by atoms with E-state index in [2.05, 4.69) is 6.58 Å². The van der Waals surface area contributed by atoms with Crippen molar-refractivity contribution in [3.05, 3.63) is 42.5 Å². The number of carbonyl (C=O) groups is 1. The maximum Gasteiger partial charge on any atom is 0.330 e. The molecule has 1 N–H and O–H groups in total. The highest BCUT2D eigenvalue weighted by Gasteiger charge is 2.07. The van der Waals surface area contributed by atoms with Gasteiger partial charge in [-0.05, 0) is 6.07 Å². The van der Waals surface area contributed by atoms with Crippen molar-refractivity contribution in [2.75, 3.05) is 0 Å². The Kier molecular flexibility index (Phi) is 4.28. The van der Waals surface area contributed by atoms with Crippen molar-refractivity contribution in [3.63, 3.8) is 0 Å². The molecule has 0 saturated carbocycles. The topological polar surface area (TPSA) is 63.6 Å². The molecule has 0 aliphatic heterocycles. The van der Waals surface area contributed by atoms with Crippen molar-refractivity contribution >= 4 is 19.3 Å². The van der Waals surface area contributed by atoms with Gasteiger partial charge in [0.15, 0.2) is 0 Å². The highest BCUT2D eigenvalue weighted by molar-refractivity contribution is 7.47. The summed E-state index contributed by atoms with van der Waals surface area (Å²) in [5.74, 6) is -0.553. The average Bonchev–Trinajstić information content (AvgIpc) is 2.26. The summed E-state index contributed by atoms with van der Waals surface area (Å²) in [6, 6.07) is 6.56. The fourth-order valence-corrected chi connectivity index (χ4v) is 1.73. The van der Waals surface area contributed by atoms with Crippen molar-refractivity contribution in [2.24, 2.45) is 0 Å². The molecule has 5 heteroatoms. The fourth-order valence-electron chi connectivity index (χ4n) is 1.06. The summed E-state index contributed by atoms with van der Waals surface area (Å²) in [7, 11) is -2.76. The number of hydrogen-bond donors (Lipinski definition) is 1. The predicted molar refractivity (Wildman–Crippen MR) is 57.3 cm³/mol. The molecule has 0 aromatic heterocycles. The van der Waals surface area contributed by atoms with E-state index < -0.39 is 14.0 Å². The molecular formula is C10H11O4P. The van der Waals surface area contributed by atoms with Crippen LogP contribution in [-0.4, -0.2) is 10.9 Å². The number of hydrogen-bond acceptors (Lipinski definition) is 3. The van der Waals surface area contributed by atoms with Crippen LogP contribution in [0.15, 0.2) is 36.9 Å². The van der Waals surface area contributed by atoms with Crippen molar-refractivity contribution in [2.45, 2.75) is 6.61 Å². The highest BCUT2D eigenvalue weighted by atomic mass is 31.1. The maximum absolute atomic E-state index is 11.0. The standard InChI is InChI=1S/C10H11O4P/c1-2-10(11)14-7-8-5-3-4-6-9(8)15(12)13/h2-6,15H,1,7H2,(H,12,13). The summed E-state index contributed by atoms with van der Waals surface area (Å²) < 4.78 is 15.7. The van der Waals surface area contributed by atoms with E-state index in [0.29, 0.717) is 10.9 Å². The van der Waals surface area contributed by atoms with Crippen LogP contribution in [0.2, 0.25) is 0 Å². The molecule has 0 bridgehead atoms. The summed E-state index contributed by atoms with van der Waals surface area (Å²) in [6.07, 6.45) is 1.05. The minimum atomic E-state index is -2.76. The lowest BCUT2D eigenvalue weighted by Crippen LogP contribution is -2.09. The van der Waals surface area contributed by atoms with Gasteiger partial charge in [-0.3, -0.25) is 4.57 Å². The first-order chi connectivity index (χ1) is 7.15. The quantitative estimate of drug-likeness (QED) is 0.472. The van der Waals surface area contributed by atoms with Gasteiger partial charge in [0.25, 0.3) is 0 Å². The van der Waals surface area contributed by atoms with E-state index in [1.54, 1.807) is 24.3 Å². The Morgan fingerprint density at radius 3 is 2.80 bits per heavy atom. The summed E-state index contributed by atoms with van der Waals surface area (Å²) >= 11 is 0. The number of ether oxygens (including phenoxy) is 1. The lowest BCUT2D eigenvalue weighted by Gasteiger charge is -2.06. The lowest BCUT2D eigenvalue weighted by atomic mass is 10.2. The molecule has 0 amide bonds. The smallest absolute Gasteiger partial charge is 0.330 e. The average molecular weight is 226 g/mol.